The molecule has 0 atom stereocenters. The molecule has 2 rings (SSSR count). The minimum absolute atomic E-state index is 0.0671. The second-order valence-corrected chi connectivity index (χ2v) is 5.40. The molecule has 3 N–H and O–H groups in total. The lowest BCUT2D eigenvalue weighted by molar-refractivity contribution is 0.253. The minimum atomic E-state index is -3.99. The van der Waals surface area contributed by atoms with Crippen molar-refractivity contribution in [3.63, 3.8) is 0 Å². The SMILES string of the molecule is Cc1ccc2cccc(S(=O)(=O)NC(N)=O)c2n1. The molecule has 7 heteroatoms. The number of pyridine rings is 1. The summed E-state index contributed by atoms with van der Waals surface area (Å²) in [6.07, 6.45) is 0. The predicted molar refractivity (Wildman–Crippen MR) is 66.4 cm³/mol. The average Bonchev–Trinajstić information content (AvgIpc) is 2.26. The quantitative estimate of drug-likeness (QED) is 0.842. The molecule has 0 aliphatic rings. The molecule has 2 amide bonds. The highest BCUT2D eigenvalue weighted by molar-refractivity contribution is 7.90. The number of carbonyl (C=O) groups is 1. The fourth-order valence-electron chi connectivity index (χ4n) is 1.62. The van der Waals surface area contributed by atoms with Gasteiger partial charge in [-0.3, -0.25) is 4.98 Å². The summed E-state index contributed by atoms with van der Waals surface area (Å²) in [5, 5.41) is 0.674. The van der Waals surface area contributed by atoms with E-state index < -0.39 is 16.1 Å². The van der Waals surface area contributed by atoms with Gasteiger partial charge in [-0.1, -0.05) is 18.2 Å². The first kappa shape index (κ1) is 12.3. The Morgan fingerprint density at radius 1 is 1.28 bits per heavy atom. The Bertz CT molecular complexity index is 725. The van der Waals surface area contributed by atoms with Gasteiger partial charge in [0.25, 0.3) is 10.0 Å². The Balaban J connectivity index is 2.71. The summed E-state index contributed by atoms with van der Waals surface area (Å²) in [4.78, 5) is 14.8. The average molecular weight is 265 g/mol. The topological polar surface area (TPSA) is 102 Å². The molecule has 0 saturated heterocycles. The highest BCUT2D eigenvalue weighted by Gasteiger charge is 2.19. The van der Waals surface area contributed by atoms with E-state index in [2.05, 4.69) is 4.98 Å². The van der Waals surface area contributed by atoms with Crippen LogP contribution in [0.4, 0.5) is 4.79 Å². The summed E-state index contributed by atoms with van der Waals surface area (Å²) in [5.74, 6) is 0. The van der Waals surface area contributed by atoms with Gasteiger partial charge >= 0.3 is 6.03 Å². The monoisotopic (exact) mass is 265 g/mol. The molecule has 1 aromatic carbocycles. The van der Waals surface area contributed by atoms with E-state index in [0.717, 1.165) is 0 Å². The number of aromatic nitrogens is 1. The summed E-state index contributed by atoms with van der Waals surface area (Å²) in [6, 6.07) is 7.11. The molecule has 0 aliphatic heterocycles. The van der Waals surface area contributed by atoms with E-state index in [4.69, 9.17) is 5.73 Å². The first-order valence-corrected chi connectivity index (χ1v) is 6.57. The van der Waals surface area contributed by atoms with E-state index in [1.54, 1.807) is 35.9 Å². The Hall–Kier alpha value is -2.15. The Labute approximate surface area is 104 Å². The maximum absolute atomic E-state index is 11.9. The van der Waals surface area contributed by atoms with Gasteiger partial charge in [-0.2, -0.15) is 0 Å². The van der Waals surface area contributed by atoms with Gasteiger partial charge in [0.1, 0.15) is 4.90 Å². The number of primary amides is 1. The van der Waals surface area contributed by atoms with Crippen molar-refractivity contribution in [3.05, 3.63) is 36.0 Å². The lowest BCUT2D eigenvalue weighted by Gasteiger charge is -2.07. The molecule has 6 nitrogen and oxygen atoms in total. The smallest absolute Gasteiger partial charge is 0.326 e. The molecule has 1 aromatic heterocycles. The molecule has 0 saturated carbocycles. The Morgan fingerprint density at radius 3 is 2.67 bits per heavy atom. The van der Waals surface area contributed by atoms with E-state index in [1.165, 1.54) is 6.07 Å². The molecule has 0 bridgehead atoms. The van der Waals surface area contributed by atoms with E-state index in [0.29, 0.717) is 16.6 Å². The highest BCUT2D eigenvalue weighted by atomic mass is 32.2. The maximum Gasteiger partial charge on any atom is 0.326 e. The van der Waals surface area contributed by atoms with E-state index in [1.807, 2.05) is 0 Å². The fourth-order valence-corrected chi connectivity index (χ4v) is 2.67. The molecule has 1 heterocycles. The lowest BCUT2D eigenvalue weighted by Crippen LogP contribution is -2.35. The molecule has 94 valence electrons. The normalized spacial score (nSPS) is 11.4. The molecule has 0 unspecified atom stereocenters. The number of para-hydroxylation sites is 1. The summed E-state index contributed by atoms with van der Waals surface area (Å²) >= 11 is 0. The molecule has 0 radical (unpaired) electrons. The van der Waals surface area contributed by atoms with Gasteiger partial charge in [0.15, 0.2) is 0 Å². The zero-order chi connectivity index (χ0) is 13.3. The van der Waals surface area contributed by atoms with Gasteiger partial charge < -0.3 is 5.73 Å². The van der Waals surface area contributed by atoms with Crippen LogP contribution in [0.25, 0.3) is 10.9 Å². The number of nitrogens with one attached hydrogen (secondary N) is 1. The number of hydrogen-bond acceptors (Lipinski definition) is 4. The van der Waals surface area contributed by atoms with Crippen LogP contribution in [0.2, 0.25) is 0 Å². The highest BCUT2D eigenvalue weighted by Crippen LogP contribution is 2.21. The van der Waals surface area contributed by atoms with Crippen LogP contribution in [0, 0.1) is 6.92 Å². The molecule has 2 aromatic rings. The molecule has 0 fully saturated rings. The molecule has 18 heavy (non-hydrogen) atoms. The number of urea groups is 1. The third-order valence-corrected chi connectivity index (χ3v) is 3.73. The van der Waals surface area contributed by atoms with E-state index >= 15 is 0 Å². The first-order valence-electron chi connectivity index (χ1n) is 5.09. The van der Waals surface area contributed by atoms with Crippen LogP contribution < -0.4 is 10.5 Å². The van der Waals surface area contributed by atoms with Crippen LogP contribution in [0.3, 0.4) is 0 Å². The van der Waals surface area contributed by atoms with Crippen molar-refractivity contribution < 1.29 is 13.2 Å². The van der Waals surface area contributed by atoms with Gasteiger partial charge in [-0.25, -0.2) is 17.9 Å². The summed E-state index contributed by atoms with van der Waals surface area (Å²) in [7, 11) is -3.99. The van der Waals surface area contributed by atoms with Crippen molar-refractivity contribution in [2.45, 2.75) is 11.8 Å². The minimum Gasteiger partial charge on any atom is -0.351 e. The number of benzene rings is 1. The summed E-state index contributed by atoms with van der Waals surface area (Å²) in [5.41, 5.74) is 5.84. The molecule has 0 spiro atoms. The standard InChI is InChI=1S/C11H11N3O3S/c1-7-5-6-8-3-2-4-9(10(8)13-7)18(16,17)14-11(12)15/h2-6H,1H3,(H3,12,14,15). The summed E-state index contributed by atoms with van der Waals surface area (Å²) < 4.78 is 25.5. The van der Waals surface area contributed by atoms with Crippen LogP contribution in [-0.2, 0) is 10.0 Å². The number of carbonyl (C=O) groups excluding carboxylic acids is 1. The van der Waals surface area contributed by atoms with Crippen LogP contribution in [0.5, 0.6) is 0 Å². The van der Waals surface area contributed by atoms with Crippen molar-refractivity contribution in [1.29, 1.82) is 0 Å². The van der Waals surface area contributed by atoms with Crippen molar-refractivity contribution in [2.75, 3.05) is 0 Å². The molecule has 0 aliphatic carbocycles. The number of nitrogens with two attached hydrogens (primary N) is 1. The number of aryl methyl sites for hydroxylation is 1. The zero-order valence-electron chi connectivity index (χ0n) is 9.54. The fraction of sp³-hybridized carbons (Fsp3) is 0.0909. The van der Waals surface area contributed by atoms with Crippen LogP contribution in [-0.4, -0.2) is 19.4 Å². The van der Waals surface area contributed by atoms with Gasteiger partial charge in [0, 0.05) is 11.1 Å². The second kappa shape index (κ2) is 4.26. The largest absolute Gasteiger partial charge is 0.351 e. The van der Waals surface area contributed by atoms with Crippen molar-refractivity contribution >= 4 is 27.0 Å². The Morgan fingerprint density at radius 2 is 2.00 bits per heavy atom. The third-order valence-electron chi connectivity index (χ3n) is 2.35. The van der Waals surface area contributed by atoms with Gasteiger partial charge in [-0.05, 0) is 19.1 Å². The third kappa shape index (κ3) is 2.25. The lowest BCUT2D eigenvalue weighted by atomic mass is 10.2. The number of fused-ring (bicyclic) bond motifs is 1. The van der Waals surface area contributed by atoms with Crippen LogP contribution in [0.1, 0.15) is 5.69 Å². The van der Waals surface area contributed by atoms with Gasteiger partial charge in [0.05, 0.1) is 5.52 Å². The Kier molecular flexibility index (Phi) is 2.92. The number of rotatable bonds is 2. The second-order valence-electron chi connectivity index (χ2n) is 3.75. The molecular formula is C11H11N3O3S. The number of hydrogen-bond donors (Lipinski definition) is 2. The first-order chi connectivity index (χ1) is 8.40. The van der Waals surface area contributed by atoms with Crippen molar-refractivity contribution in [3.8, 4) is 0 Å². The van der Waals surface area contributed by atoms with Crippen molar-refractivity contribution in [1.82, 2.24) is 9.71 Å². The van der Waals surface area contributed by atoms with Crippen LogP contribution >= 0.6 is 0 Å². The van der Waals surface area contributed by atoms with Crippen LogP contribution in [0.15, 0.2) is 35.2 Å². The number of amides is 2. The molecular weight excluding hydrogens is 254 g/mol. The summed E-state index contributed by atoms with van der Waals surface area (Å²) in [6.45, 7) is 1.75. The predicted octanol–water partition coefficient (Wildman–Crippen LogP) is 0.900. The zero-order valence-corrected chi connectivity index (χ0v) is 10.4. The van der Waals surface area contributed by atoms with E-state index in [9.17, 15) is 13.2 Å². The van der Waals surface area contributed by atoms with Gasteiger partial charge in [0.2, 0.25) is 0 Å². The van der Waals surface area contributed by atoms with Crippen molar-refractivity contribution in [2.24, 2.45) is 5.73 Å². The van der Waals surface area contributed by atoms with E-state index in [-0.39, 0.29) is 4.90 Å². The maximum atomic E-state index is 11.9. The number of nitrogens with zero attached hydrogens (tertiary/aromatic N) is 1. The number of sulfonamides is 1. The van der Waals surface area contributed by atoms with Gasteiger partial charge in [-0.15, -0.1) is 0 Å².